The van der Waals surface area contributed by atoms with Crippen molar-refractivity contribution in [2.45, 2.75) is 18.5 Å². The van der Waals surface area contributed by atoms with Crippen LogP contribution >= 0.6 is 27.3 Å². The van der Waals surface area contributed by atoms with Crippen LogP contribution in [0.4, 0.5) is 0 Å². The lowest BCUT2D eigenvalue weighted by Gasteiger charge is -2.14. The van der Waals surface area contributed by atoms with Crippen molar-refractivity contribution in [2.75, 3.05) is 7.05 Å². The molecule has 0 saturated heterocycles. The fraction of sp³-hybridized carbons (Fsp3) is 0.364. The molecule has 0 aliphatic rings. The van der Waals surface area contributed by atoms with E-state index in [1.807, 2.05) is 11.4 Å². The second kappa shape index (κ2) is 5.35. The summed E-state index contributed by atoms with van der Waals surface area (Å²) in [4.78, 5) is 5.05. The summed E-state index contributed by atoms with van der Waals surface area (Å²) in [6, 6.07) is 1.92. The molecule has 2 rings (SSSR count). The standard InChI is InChI=1S/C11H14BrN3O2S2/c1-8-13-11(6-14(8)2)19(16,17)15(3)5-10-4-9(12)7-18-10/h4,6-7H,5H2,1-3H3. The highest BCUT2D eigenvalue weighted by Crippen LogP contribution is 2.23. The summed E-state index contributed by atoms with van der Waals surface area (Å²) in [5.74, 6) is 0.672. The highest BCUT2D eigenvalue weighted by Gasteiger charge is 2.24. The Morgan fingerprint density at radius 1 is 1.53 bits per heavy atom. The maximum Gasteiger partial charge on any atom is 0.262 e. The van der Waals surface area contributed by atoms with E-state index < -0.39 is 10.0 Å². The van der Waals surface area contributed by atoms with Gasteiger partial charge in [-0.1, -0.05) is 0 Å². The molecule has 0 amide bonds. The number of imidazole rings is 1. The lowest BCUT2D eigenvalue weighted by atomic mass is 10.5. The maximum atomic E-state index is 12.4. The van der Waals surface area contributed by atoms with Crippen molar-refractivity contribution in [1.29, 1.82) is 0 Å². The topological polar surface area (TPSA) is 55.2 Å². The molecule has 0 aromatic carbocycles. The lowest BCUT2D eigenvalue weighted by molar-refractivity contribution is 0.467. The predicted molar refractivity (Wildman–Crippen MR) is 78.6 cm³/mol. The molecule has 0 bridgehead atoms. The summed E-state index contributed by atoms with van der Waals surface area (Å²) in [7, 11) is -0.199. The van der Waals surface area contributed by atoms with Crippen LogP contribution in [0, 0.1) is 6.92 Å². The Bertz CT molecular complexity index is 671. The van der Waals surface area contributed by atoms with Crippen molar-refractivity contribution in [3.05, 3.63) is 32.8 Å². The van der Waals surface area contributed by atoms with Crippen molar-refractivity contribution in [2.24, 2.45) is 7.05 Å². The van der Waals surface area contributed by atoms with Crippen LogP contribution < -0.4 is 0 Å². The lowest BCUT2D eigenvalue weighted by Crippen LogP contribution is -2.26. The molecule has 8 heteroatoms. The van der Waals surface area contributed by atoms with E-state index in [1.165, 1.54) is 21.8 Å². The largest absolute Gasteiger partial charge is 0.337 e. The molecule has 0 radical (unpaired) electrons. The van der Waals surface area contributed by atoms with Gasteiger partial charge in [0, 0.05) is 41.6 Å². The van der Waals surface area contributed by atoms with Gasteiger partial charge in [-0.25, -0.2) is 13.4 Å². The van der Waals surface area contributed by atoms with Gasteiger partial charge in [0.1, 0.15) is 5.82 Å². The number of aryl methyl sites for hydroxylation is 2. The zero-order valence-electron chi connectivity index (χ0n) is 10.8. The van der Waals surface area contributed by atoms with E-state index in [0.717, 1.165) is 9.35 Å². The Morgan fingerprint density at radius 3 is 2.68 bits per heavy atom. The quantitative estimate of drug-likeness (QED) is 0.837. The average Bonchev–Trinajstić information content (AvgIpc) is 2.87. The molecule has 2 aromatic heterocycles. The molecule has 0 saturated carbocycles. The number of sulfonamides is 1. The highest BCUT2D eigenvalue weighted by atomic mass is 79.9. The van der Waals surface area contributed by atoms with Gasteiger partial charge in [0.2, 0.25) is 0 Å². The Labute approximate surface area is 125 Å². The van der Waals surface area contributed by atoms with Crippen LogP contribution in [0.1, 0.15) is 10.7 Å². The van der Waals surface area contributed by atoms with Crippen molar-refractivity contribution in [1.82, 2.24) is 13.9 Å². The molecule has 0 N–H and O–H groups in total. The molecular formula is C11H14BrN3O2S2. The summed E-state index contributed by atoms with van der Waals surface area (Å²) in [5.41, 5.74) is 0. The number of nitrogens with zero attached hydrogens (tertiary/aromatic N) is 3. The molecular weight excluding hydrogens is 350 g/mol. The second-order valence-corrected chi connectivity index (χ2v) is 8.13. The monoisotopic (exact) mass is 363 g/mol. The number of aromatic nitrogens is 2. The van der Waals surface area contributed by atoms with E-state index in [4.69, 9.17) is 0 Å². The first kappa shape index (κ1) is 14.7. The minimum atomic E-state index is -3.54. The fourth-order valence-electron chi connectivity index (χ4n) is 1.55. The Hall–Kier alpha value is -0.700. The maximum absolute atomic E-state index is 12.4. The zero-order chi connectivity index (χ0) is 14.2. The third-order valence-electron chi connectivity index (χ3n) is 2.76. The zero-order valence-corrected chi connectivity index (χ0v) is 14.0. The van der Waals surface area contributed by atoms with Crippen LogP contribution in [-0.4, -0.2) is 29.3 Å². The van der Waals surface area contributed by atoms with Gasteiger partial charge in [0.05, 0.1) is 0 Å². The third-order valence-corrected chi connectivity index (χ3v) is 6.12. The van der Waals surface area contributed by atoms with Gasteiger partial charge in [-0.2, -0.15) is 4.31 Å². The minimum absolute atomic E-state index is 0.0885. The van der Waals surface area contributed by atoms with Gasteiger partial charge in [-0.15, -0.1) is 11.3 Å². The molecule has 0 unspecified atom stereocenters. The Morgan fingerprint density at radius 2 is 2.21 bits per heavy atom. The molecule has 0 atom stereocenters. The average molecular weight is 364 g/mol. The van der Waals surface area contributed by atoms with Gasteiger partial charge in [-0.3, -0.25) is 0 Å². The summed E-state index contributed by atoms with van der Waals surface area (Å²) < 4.78 is 28.7. The van der Waals surface area contributed by atoms with E-state index in [9.17, 15) is 8.42 Å². The molecule has 19 heavy (non-hydrogen) atoms. The van der Waals surface area contributed by atoms with Crippen LogP contribution in [-0.2, 0) is 23.6 Å². The van der Waals surface area contributed by atoms with E-state index in [0.29, 0.717) is 12.4 Å². The number of rotatable bonds is 4. The Kier molecular flexibility index (Phi) is 4.14. The molecule has 0 aliphatic carbocycles. The minimum Gasteiger partial charge on any atom is -0.337 e. The van der Waals surface area contributed by atoms with Gasteiger partial charge in [-0.05, 0) is 28.9 Å². The van der Waals surface area contributed by atoms with Crippen molar-refractivity contribution in [3.8, 4) is 0 Å². The molecule has 2 aromatic rings. The van der Waals surface area contributed by atoms with Gasteiger partial charge in [0.15, 0.2) is 5.03 Å². The van der Waals surface area contributed by atoms with Crippen LogP contribution in [0.25, 0.3) is 0 Å². The van der Waals surface area contributed by atoms with Crippen molar-refractivity contribution < 1.29 is 8.42 Å². The summed E-state index contributed by atoms with van der Waals surface area (Å²) in [5, 5.41) is 2.02. The van der Waals surface area contributed by atoms with E-state index >= 15 is 0 Å². The van der Waals surface area contributed by atoms with Crippen LogP contribution in [0.15, 0.2) is 27.1 Å². The van der Waals surface area contributed by atoms with E-state index in [2.05, 4.69) is 20.9 Å². The molecule has 5 nitrogen and oxygen atoms in total. The smallest absolute Gasteiger partial charge is 0.262 e. The third kappa shape index (κ3) is 3.07. The number of thiophene rings is 1. The summed E-state index contributed by atoms with van der Waals surface area (Å²) in [6.45, 7) is 2.11. The predicted octanol–water partition coefficient (Wildman–Crippen LogP) is 2.37. The first-order valence-corrected chi connectivity index (χ1v) is 8.61. The van der Waals surface area contributed by atoms with Crippen molar-refractivity contribution >= 4 is 37.3 Å². The number of hydrogen-bond donors (Lipinski definition) is 0. The SMILES string of the molecule is Cc1nc(S(=O)(=O)N(C)Cc2cc(Br)cs2)cn1C. The molecule has 104 valence electrons. The van der Waals surface area contributed by atoms with Gasteiger partial charge >= 0.3 is 0 Å². The van der Waals surface area contributed by atoms with Crippen molar-refractivity contribution in [3.63, 3.8) is 0 Å². The molecule has 0 aliphatic heterocycles. The molecule has 0 spiro atoms. The molecule has 2 heterocycles. The normalized spacial score (nSPS) is 12.3. The fourth-order valence-corrected chi connectivity index (χ4v) is 4.30. The second-order valence-electron chi connectivity index (χ2n) is 4.23. The van der Waals surface area contributed by atoms with E-state index in [-0.39, 0.29) is 5.03 Å². The van der Waals surface area contributed by atoms with Gasteiger partial charge < -0.3 is 4.57 Å². The first-order valence-electron chi connectivity index (χ1n) is 5.50. The first-order chi connectivity index (χ1) is 8.80. The van der Waals surface area contributed by atoms with Crippen LogP contribution in [0.3, 0.4) is 0 Å². The van der Waals surface area contributed by atoms with Crippen LogP contribution in [0.2, 0.25) is 0 Å². The summed E-state index contributed by atoms with van der Waals surface area (Å²) >= 11 is 4.88. The highest BCUT2D eigenvalue weighted by molar-refractivity contribution is 9.10. The van der Waals surface area contributed by atoms with Crippen LogP contribution in [0.5, 0.6) is 0 Å². The van der Waals surface area contributed by atoms with Gasteiger partial charge in [0.25, 0.3) is 10.0 Å². The van der Waals surface area contributed by atoms with E-state index in [1.54, 1.807) is 25.6 Å². The number of halogens is 1. The number of hydrogen-bond acceptors (Lipinski definition) is 4. The summed E-state index contributed by atoms with van der Waals surface area (Å²) in [6.07, 6.45) is 1.53. The molecule has 0 fully saturated rings. The Balaban J connectivity index is 2.24.